The zero-order valence-electron chi connectivity index (χ0n) is 18.1. The van der Waals surface area contributed by atoms with E-state index in [2.05, 4.69) is 33.8 Å². The number of benzene rings is 1. The summed E-state index contributed by atoms with van der Waals surface area (Å²) < 4.78 is 13.9. The van der Waals surface area contributed by atoms with Crippen LogP contribution in [0.5, 0.6) is 0 Å². The maximum absolute atomic E-state index is 13.9. The zero-order valence-corrected chi connectivity index (χ0v) is 18.1. The van der Waals surface area contributed by atoms with Crippen molar-refractivity contribution in [3.05, 3.63) is 41.2 Å². The number of piperidine rings is 1. The van der Waals surface area contributed by atoms with Crippen molar-refractivity contribution >= 4 is 11.0 Å². The second-order valence-corrected chi connectivity index (χ2v) is 8.53. The van der Waals surface area contributed by atoms with Crippen LogP contribution in [0.1, 0.15) is 55.7 Å². The van der Waals surface area contributed by atoms with Crippen LogP contribution in [0.15, 0.2) is 18.3 Å². The molecule has 1 unspecified atom stereocenters. The van der Waals surface area contributed by atoms with Crippen molar-refractivity contribution in [2.45, 2.75) is 52.0 Å². The lowest BCUT2D eigenvalue weighted by molar-refractivity contribution is 0.208. The maximum atomic E-state index is 13.9. The zero-order chi connectivity index (χ0) is 21.3. The van der Waals surface area contributed by atoms with Gasteiger partial charge in [-0.3, -0.25) is 0 Å². The monoisotopic (exact) mass is 410 g/mol. The van der Waals surface area contributed by atoms with Gasteiger partial charge in [0.15, 0.2) is 0 Å². The largest absolute Gasteiger partial charge is 0.338 e. The number of nitrogens with one attached hydrogen (secondary N) is 1. The summed E-state index contributed by atoms with van der Waals surface area (Å²) in [5.74, 6) is 1.86. The van der Waals surface area contributed by atoms with Gasteiger partial charge in [-0.25, -0.2) is 19.3 Å². The molecule has 0 amide bonds. The van der Waals surface area contributed by atoms with Gasteiger partial charge in [0, 0.05) is 11.8 Å². The fraction of sp³-hybridized carbons (Fsp3) is 0.522. The molecule has 1 aromatic carbocycles. The number of aromatic nitrogens is 4. The molecule has 0 spiro atoms. The number of rotatable bonds is 6. The molecule has 1 aliphatic heterocycles. The van der Waals surface area contributed by atoms with Gasteiger partial charge in [0.05, 0.1) is 28.3 Å². The number of aryl methyl sites for hydroxylation is 2. The number of H-pyrrole nitrogens is 1. The first-order valence-electron chi connectivity index (χ1n) is 10.9. The van der Waals surface area contributed by atoms with Crippen LogP contribution in [0.2, 0.25) is 0 Å². The molecule has 0 saturated carbocycles. The lowest BCUT2D eigenvalue weighted by Gasteiger charge is -2.29. The summed E-state index contributed by atoms with van der Waals surface area (Å²) in [6.07, 6.45) is 7.07. The third-order valence-electron chi connectivity index (χ3n) is 6.37. The minimum absolute atomic E-state index is 0.156. The topological polar surface area (TPSA) is 83.7 Å². The number of aromatic amines is 1. The van der Waals surface area contributed by atoms with Crippen LogP contribution in [0.4, 0.5) is 4.39 Å². The molecule has 0 bridgehead atoms. The van der Waals surface area contributed by atoms with Crippen LogP contribution in [0.25, 0.3) is 22.4 Å². The van der Waals surface area contributed by atoms with Gasteiger partial charge in [-0.05, 0) is 77.2 Å². The van der Waals surface area contributed by atoms with Crippen molar-refractivity contribution in [2.24, 2.45) is 11.7 Å². The quantitative estimate of drug-likeness (QED) is 0.638. The van der Waals surface area contributed by atoms with Gasteiger partial charge in [0.25, 0.3) is 0 Å². The van der Waals surface area contributed by atoms with E-state index in [1.807, 2.05) is 0 Å². The molecule has 4 rings (SSSR count). The molecule has 30 heavy (non-hydrogen) atoms. The number of halogens is 1. The third kappa shape index (κ3) is 4.23. The summed E-state index contributed by atoms with van der Waals surface area (Å²) in [6.45, 7) is 6.15. The van der Waals surface area contributed by atoms with E-state index in [1.54, 1.807) is 19.2 Å². The second kappa shape index (κ2) is 8.78. The molecule has 1 aliphatic rings. The average Bonchev–Trinajstić information content (AvgIpc) is 3.20. The molecular weight excluding hydrogens is 379 g/mol. The minimum atomic E-state index is -0.251. The summed E-state index contributed by atoms with van der Waals surface area (Å²) in [5, 5.41) is 0. The van der Waals surface area contributed by atoms with Crippen LogP contribution in [-0.4, -0.2) is 45.0 Å². The van der Waals surface area contributed by atoms with Gasteiger partial charge in [-0.2, -0.15) is 0 Å². The highest BCUT2D eigenvalue weighted by Gasteiger charge is 2.20. The average molecular weight is 411 g/mol. The fourth-order valence-corrected chi connectivity index (χ4v) is 4.29. The van der Waals surface area contributed by atoms with Gasteiger partial charge in [0.2, 0.25) is 0 Å². The van der Waals surface area contributed by atoms with E-state index < -0.39 is 0 Å². The number of nitrogens with zero attached hydrogens (tertiary/aromatic N) is 4. The van der Waals surface area contributed by atoms with Crippen molar-refractivity contribution in [1.29, 1.82) is 0 Å². The van der Waals surface area contributed by atoms with Crippen LogP contribution in [-0.2, 0) is 6.42 Å². The van der Waals surface area contributed by atoms with Crippen molar-refractivity contribution in [3.63, 3.8) is 0 Å². The Balaban J connectivity index is 1.52. The highest BCUT2D eigenvalue weighted by atomic mass is 19.1. The van der Waals surface area contributed by atoms with Crippen LogP contribution < -0.4 is 5.73 Å². The van der Waals surface area contributed by atoms with Crippen molar-refractivity contribution in [1.82, 2.24) is 24.8 Å². The highest BCUT2D eigenvalue weighted by molar-refractivity contribution is 5.82. The number of imidazole rings is 1. The van der Waals surface area contributed by atoms with Crippen molar-refractivity contribution in [3.8, 4) is 11.4 Å². The Morgan fingerprint density at radius 2 is 2.03 bits per heavy atom. The van der Waals surface area contributed by atoms with E-state index in [4.69, 9.17) is 10.7 Å². The predicted molar refractivity (Wildman–Crippen MR) is 118 cm³/mol. The van der Waals surface area contributed by atoms with Crippen molar-refractivity contribution < 1.29 is 4.39 Å². The summed E-state index contributed by atoms with van der Waals surface area (Å²) >= 11 is 0. The number of fused-ring (bicyclic) bond motifs is 1. The summed E-state index contributed by atoms with van der Waals surface area (Å²) in [6, 6.07) is 3.02. The molecular formula is C23H31FN6. The standard InChI is InChI=1S/C23H31FN6/c1-4-19-16(22-28-20-8-6-17(24)14(2)21(20)29-22)13-26-23(27-19)18(25)7-5-15-9-11-30(3)12-10-15/h6,8,13,15,18H,4-5,7,9-12,25H2,1-3H3,(H,28,29). The number of hydrogen-bond acceptors (Lipinski definition) is 5. The molecule has 1 atom stereocenters. The van der Waals surface area contributed by atoms with Gasteiger partial charge in [-0.15, -0.1) is 0 Å². The second-order valence-electron chi connectivity index (χ2n) is 8.53. The Labute approximate surface area is 177 Å². The molecule has 3 heterocycles. The maximum Gasteiger partial charge on any atom is 0.145 e. The van der Waals surface area contributed by atoms with E-state index in [0.717, 1.165) is 42.0 Å². The molecule has 0 radical (unpaired) electrons. The normalized spacial score (nSPS) is 17.0. The third-order valence-corrected chi connectivity index (χ3v) is 6.37. The number of nitrogens with two attached hydrogens (primary N) is 1. The van der Waals surface area contributed by atoms with E-state index in [-0.39, 0.29) is 11.9 Å². The lowest BCUT2D eigenvalue weighted by Crippen LogP contribution is -2.30. The first-order valence-corrected chi connectivity index (χ1v) is 10.9. The van der Waals surface area contributed by atoms with Crippen LogP contribution in [0, 0.1) is 18.7 Å². The molecule has 160 valence electrons. The van der Waals surface area contributed by atoms with Gasteiger partial charge in [0.1, 0.15) is 17.5 Å². The lowest BCUT2D eigenvalue weighted by atomic mass is 9.91. The SMILES string of the molecule is CCc1nc(C(N)CCC2CCN(C)CC2)ncc1-c1nc2c(C)c(F)ccc2[nH]1. The molecule has 1 saturated heterocycles. The van der Waals surface area contributed by atoms with Gasteiger partial charge < -0.3 is 15.6 Å². The smallest absolute Gasteiger partial charge is 0.145 e. The Hall–Kier alpha value is -2.38. The molecule has 1 fully saturated rings. The van der Waals surface area contributed by atoms with Gasteiger partial charge >= 0.3 is 0 Å². The molecule has 0 aliphatic carbocycles. The Morgan fingerprint density at radius 3 is 2.77 bits per heavy atom. The molecule has 2 aromatic heterocycles. The minimum Gasteiger partial charge on any atom is -0.338 e. The first kappa shape index (κ1) is 20.9. The molecule has 3 N–H and O–H groups in total. The molecule has 7 heteroatoms. The van der Waals surface area contributed by atoms with E-state index >= 15 is 0 Å². The summed E-state index contributed by atoms with van der Waals surface area (Å²) in [5.41, 5.74) is 10.2. The highest BCUT2D eigenvalue weighted by Crippen LogP contribution is 2.28. The Bertz CT molecular complexity index is 1020. The number of hydrogen-bond donors (Lipinski definition) is 2. The molecule has 3 aromatic rings. The fourth-order valence-electron chi connectivity index (χ4n) is 4.29. The first-order chi connectivity index (χ1) is 14.5. The van der Waals surface area contributed by atoms with Crippen LogP contribution in [0.3, 0.4) is 0 Å². The van der Waals surface area contributed by atoms with E-state index in [1.165, 1.54) is 32.0 Å². The summed E-state index contributed by atoms with van der Waals surface area (Å²) in [7, 11) is 2.18. The Morgan fingerprint density at radius 1 is 1.27 bits per heavy atom. The molecule has 6 nitrogen and oxygen atoms in total. The summed E-state index contributed by atoms with van der Waals surface area (Å²) in [4.78, 5) is 19.6. The van der Waals surface area contributed by atoms with Gasteiger partial charge in [-0.1, -0.05) is 6.92 Å². The van der Waals surface area contributed by atoms with E-state index in [0.29, 0.717) is 22.7 Å². The van der Waals surface area contributed by atoms with Crippen molar-refractivity contribution in [2.75, 3.05) is 20.1 Å². The number of likely N-dealkylation sites (tertiary alicyclic amines) is 1. The Kier molecular flexibility index (Phi) is 6.11. The van der Waals surface area contributed by atoms with Crippen LogP contribution >= 0.6 is 0 Å². The predicted octanol–water partition coefficient (Wildman–Crippen LogP) is 4.15. The van der Waals surface area contributed by atoms with E-state index in [9.17, 15) is 4.39 Å².